The van der Waals surface area contributed by atoms with E-state index in [2.05, 4.69) is 5.32 Å². The summed E-state index contributed by atoms with van der Waals surface area (Å²) in [4.78, 5) is 25.2. The lowest BCUT2D eigenvalue weighted by atomic mass is 10.2. The molecular formula is C15H19N3O3. The van der Waals surface area contributed by atoms with Crippen LogP contribution < -0.4 is 21.3 Å². The summed E-state index contributed by atoms with van der Waals surface area (Å²) in [5.41, 5.74) is 0.0358. The van der Waals surface area contributed by atoms with E-state index in [9.17, 15) is 9.59 Å². The lowest BCUT2D eigenvalue weighted by Gasteiger charge is -2.15. The zero-order valence-electron chi connectivity index (χ0n) is 12.3. The molecule has 1 aromatic heterocycles. The molecule has 1 unspecified atom stereocenters. The summed E-state index contributed by atoms with van der Waals surface area (Å²) >= 11 is 0. The third-order valence-electron chi connectivity index (χ3n) is 4.13. The zero-order valence-corrected chi connectivity index (χ0v) is 12.3. The molecule has 0 amide bonds. The monoisotopic (exact) mass is 289 g/mol. The Morgan fingerprint density at radius 2 is 2.19 bits per heavy atom. The highest BCUT2D eigenvalue weighted by Crippen LogP contribution is 2.20. The predicted octanol–water partition coefficient (Wildman–Crippen LogP) is 0.461. The SMILES string of the molecule is COc1cccc2c1c(=O)n(CC1CCCN1)c(=O)n2C. The van der Waals surface area contributed by atoms with E-state index in [-0.39, 0.29) is 17.3 Å². The molecule has 2 heterocycles. The molecule has 1 aliphatic heterocycles. The molecule has 0 saturated carbocycles. The minimum Gasteiger partial charge on any atom is -0.496 e. The van der Waals surface area contributed by atoms with Crippen LogP contribution in [-0.4, -0.2) is 28.8 Å². The minimum absolute atomic E-state index is 0.183. The molecule has 1 saturated heterocycles. The van der Waals surface area contributed by atoms with Gasteiger partial charge in [0, 0.05) is 19.6 Å². The molecule has 6 nitrogen and oxygen atoms in total. The molecule has 1 atom stereocenters. The number of nitrogens with zero attached hydrogens (tertiary/aromatic N) is 2. The first kappa shape index (κ1) is 13.9. The van der Waals surface area contributed by atoms with E-state index in [1.54, 1.807) is 25.2 Å². The van der Waals surface area contributed by atoms with Gasteiger partial charge in [-0.25, -0.2) is 4.79 Å². The van der Waals surface area contributed by atoms with Crippen molar-refractivity contribution in [2.75, 3.05) is 13.7 Å². The largest absolute Gasteiger partial charge is 0.496 e. The van der Waals surface area contributed by atoms with Crippen molar-refractivity contribution >= 4 is 10.9 Å². The van der Waals surface area contributed by atoms with Crippen LogP contribution in [0.4, 0.5) is 0 Å². The van der Waals surface area contributed by atoms with Gasteiger partial charge in [-0.3, -0.25) is 13.9 Å². The Labute approximate surface area is 122 Å². The summed E-state index contributed by atoms with van der Waals surface area (Å²) in [6, 6.07) is 5.47. The number of methoxy groups -OCH3 is 1. The highest BCUT2D eigenvalue weighted by Gasteiger charge is 2.19. The fraction of sp³-hybridized carbons (Fsp3) is 0.467. The smallest absolute Gasteiger partial charge is 0.331 e. The molecule has 1 N–H and O–H groups in total. The summed E-state index contributed by atoms with van der Waals surface area (Å²) < 4.78 is 8.11. The number of hydrogen-bond donors (Lipinski definition) is 1. The maximum absolute atomic E-state index is 12.7. The maximum Gasteiger partial charge on any atom is 0.331 e. The molecule has 3 rings (SSSR count). The molecule has 1 aromatic carbocycles. The number of hydrogen-bond acceptors (Lipinski definition) is 4. The first-order valence-electron chi connectivity index (χ1n) is 7.13. The molecule has 21 heavy (non-hydrogen) atoms. The van der Waals surface area contributed by atoms with Crippen molar-refractivity contribution in [3.05, 3.63) is 39.0 Å². The summed E-state index contributed by atoms with van der Waals surface area (Å²) in [5, 5.41) is 3.77. The van der Waals surface area contributed by atoms with Gasteiger partial charge in [-0.05, 0) is 31.5 Å². The van der Waals surface area contributed by atoms with Gasteiger partial charge in [0.05, 0.1) is 12.6 Å². The van der Waals surface area contributed by atoms with Crippen molar-refractivity contribution in [3.8, 4) is 5.75 Å². The molecule has 6 heteroatoms. The van der Waals surface area contributed by atoms with Crippen molar-refractivity contribution in [1.82, 2.24) is 14.5 Å². The molecule has 0 bridgehead atoms. The average Bonchev–Trinajstić information content (AvgIpc) is 3.01. The molecule has 1 aliphatic rings. The number of benzene rings is 1. The fourth-order valence-corrected chi connectivity index (χ4v) is 2.98. The van der Waals surface area contributed by atoms with E-state index < -0.39 is 0 Å². The Morgan fingerprint density at radius 3 is 2.86 bits per heavy atom. The standard InChI is InChI=1S/C15H19N3O3/c1-17-11-6-3-7-12(21-2)13(11)14(19)18(15(17)20)9-10-5-4-8-16-10/h3,6-7,10,16H,4-5,8-9H2,1-2H3. The second kappa shape index (κ2) is 5.37. The van der Waals surface area contributed by atoms with E-state index >= 15 is 0 Å². The predicted molar refractivity (Wildman–Crippen MR) is 81.0 cm³/mol. The van der Waals surface area contributed by atoms with Gasteiger partial charge in [0.2, 0.25) is 0 Å². The number of rotatable bonds is 3. The third-order valence-corrected chi connectivity index (χ3v) is 4.13. The average molecular weight is 289 g/mol. The Bertz CT molecular complexity index is 785. The molecule has 0 aliphatic carbocycles. The lowest BCUT2D eigenvalue weighted by Crippen LogP contribution is -2.43. The van der Waals surface area contributed by atoms with Gasteiger partial charge in [0.15, 0.2) is 0 Å². The second-order valence-corrected chi connectivity index (χ2v) is 5.41. The molecule has 1 fully saturated rings. The lowest BCUT2D eigenvalue weighted by molar-refractivity contribution is 0.417. The Hall–Kier alpha value is -2.08. The summed E-state index contributed by atoms with van der Waals surface area (Å²) in [5.74, 6) is 0.501. The van der Waals surface area contributed by atoms with Crippen LogP contribution in [0.1, 0.15) is 12.8 Å². The van der Waals surface area contributed by atoms with Crippen molar-refractivity contribution in [2.45, 2.75) is 25.4 Å². The second-order valence-electron chi connectivity index (χ2n) is 5.41. The van der Waals surface area contributed by atoms with Gasteiger partial charge in [-0.15, -0.1) is 0 Å². The van der Waals surface area contributed by atoms with Crippen LogP contribution >= 0.6 is 0 Å². The summed E-state index contributed by atoms with van der Waals surface area (Å²) in [7, 11) is 3.21. The van der Waals surface area contributed by atoms with Crippen LogP contribution in [0.2, 0.25) is 0 Å². The first-order valence-corrected chi connectivity index (χ1v) is 7.13. The summed E-state index contributed by atoms with van der Waals surface area (Å²) in [6.07, 6.45) is 2.07. The van der Waals surface area contributed by atoms with E-state index in [0.29, 0.717) is 23.2 Å². The van der Waals surface area contributed by atoms with Crippen LogP contribution in [0, 0.1) is 0 Å². The number of aromatic nitrogens is 2. The number of ether oxygens (including phenoxy) is 1. The van der Waals surface area contributed by atoms with Crippen molar-refractivity contribution < 1.29 is 4.74 Å². The zero-order chi connectivity index (χ0) is 15.0. The van der Waals surface area contributed by atoms with Gasteiger partial charge in [0.25, 0.3) is 5.56 Å². The van der Waals surface area contributed by atoms with Gasteiger partial charge in [0.1, 0.15) is 11.1 Å². The Kier molecular flexibility index (Phi) is 3.55. The van der Waals surface area contributed by atoms with Gasteiger partial charge in [-0.1, -0.05) is 6.07 Å². The maximum atomic E-state index is 12.7. The van der Waals surface area contributed by atoms with Crippen LogP contribution in [0.25, 0.3) is 10.9 Å². The first-order chi connectivity index (χ1) is 10.1. The van der Waals surface area contributed by atoms with E-state index in [0.717, 1.165) is 19.4 Å². The highest BCUT2D eigenvalue weighted by molar-refractivity contribution is 5.84. The van der Waals surface area contributed by atoms with Crippen LogP contribution in [-0.2, 0) is 13.6 Å². The van der Waals surface area contributed by atoms with E-state index in [1.165, 1.54) is 16.2 Å². The van der Waals surface area contributed by atoms with E-state index in [4.69, 9.17) is 4.74 Å². The molecule has 112 valence electrons. The number of aryl methyl sites for hydroxylation is 1. The van der Waals surface area contributed by atoms with Gasteiger partial charge >= 0.3 is 5.69 Å². The van der Waals surface area contributed by atoms with E-state index in [1.807, 2.05) is 0 Å². The Balaban J connectivity index is 2.24. The third kappa shape index (κ3) is 2.25. The summed E-state index contributed by atoms with van der Waals surface area (Å²) in [6.45, 7) is 1.34. The van der Waals surface area contributed by atoms with Crippen molar-refractivity contribution in [2.24, 2.45) is 7.05 Å². The van der Waals surface area contributed by atoms with Gasteiger partial charge in [-0.2, -0.15) is 0 Å². The molecule has 2 aromatic rings. The van der Waals surface area contributed by atoms with Crippen LogP contribution in [0.3, 0.4) is 0 Å². The van der Waals surface area contributed by atoms with Crippen molar-refractivity contribution in [3.63, 3.8) is 0 Å². The quantitative estimate of drug-likeness (QED) is 0.891. The van der Waals surface area contributed by atoms with Crippen molar-refractivity contribution in [1.29, 1.82) is 0 Å². The normalized spacial score (nSPS) is 18.3. The number of fused-ring (bicyclic) bond motifs is 1. The Morgan fingerprint density at radius 1 is 1.38 bits per heavy atom. The van der Waals surface area contributed by atoms with Crippen LogP contribution in [0.15, 0.2) is 27.8 Å². The molecule has 0 spiro atoms. The van der Waals surface area contributed by atoms with Gasteiger partial charge < -0.3 is 10.1 Å². The molecular weight excluding hydrogens is 270 g/mol. The molecule has 0 radical (unpaired) electrons. The number of nitrogens with one attached hydrogen (secondary N) is 1. The van der Waals surface area contributed by atoms with Crippen LogP contribution in [0.5, 0.6) is 5.75 Å². The highest BCUT2D eigenvalue weighted by atomic mass is 16.5. The minimum atomic E-state index is -0.283. The fourth-order valence-electron chi connectivity index (χ4n) is 2.98. The topological polar surface area (TPSA) is 65.3 Å².